The van der Waals surface area contributed by atoms with Gasteiger partial charge in [-0.1, -0.05) is 6.58 Å². The number of hydrogen-bond acceptors (Lipinski definition) is 5. The highest BCUT2D eigenvalue weighted by atomic mass is 32.2. The fourth-order valence-electron chi connectivity index (χ4n) is 1.99. The Morgan fingerprint density at radius 1 is 1.19 bits per heavy atom. The van der Waals surface area contributed by atoms with Gasteiger partial charge in [0.1, 0.15) is 0 Å². The van der Waals surface area contributed by atoms with Crippen molar-refractivity contribution in [2.24, 2.45) is 0 Å². The molecule has 1 aromatic carbocycles. The van der Waals surface area contributed by atoms with E-state index in [9.17, 15) is 10.1 Å². The van der Waals surface area contributed by atoms with Crippen LogP contribution in [-0.4, -0.2) is 11.2 Å². The SMILES string of the molecule is C=C(c1ccc([N+](=O)[O-])cc1)c1cc2sc(SC)cc2s1. The summed E-state index contributed by atoms with van der Waals surface area (Å²) in [6.45, 7) is 4.13. The molecule has 0 radical (unpaired) electrons. The Balaban J connectivity index is 1.91. The molecule has 3 nitrogen and oxygen atoms in total. The predicted octanol–water partition coefficient (Wildman–Crippen LogP) is 5.65. The first-order chi connectivity index (χ1) is 10.1. The van der Waals surface area contributed by atoms with Crippen LogP contribution in [0.1, 0.15) is 10.4 Å². The topological polar surface area (TPSA) is 43.1 Å². The van der Waals surface area contributed by atoms with Gasteiger partial charge in [0.15, 0.2) is 0 Å². The molecule has 0 aliphatic rings. The van der Waals surface area contributed by atoms with E-state index >= 15 is 0 Å². The lowest BCUT2D eigenvalue weighted by Crippen LogP contribution is -1.88. The molecule has 0 saturated carbocycles. The van der Waals surface area contributed by atoms with Gasteiger partial charge in [-0.25, -0.2) is 0 Å². The van der Waals surface area contributed by atoms with E-state index in [1.54, 1.807) is 46.6 Å². The van der Waals surface area contributed by atoms with Crippen molar-refractivity contribution in [2.45, 2.75) is 4.21 Å². The van der Waals surface area contributed by atoms with Crippen molar-refractivity contribution in [3.05, 3.63) is 63.5 Å². The van der Waals surface area contributed by atoms with Gasteiger partial charge in [-0.3, -0.25) is 10.1 Å². The molecule has 3 aromatic rings. The van der Waals surface area contributed by atoms with E-state index in [1.165, 1.54) is 25.7 Å². The van der Waals surface area contributed by atoms with Gasteiger partial charge in [0.05, 0.1) is 9.13 Å². The van der Waals surface area contributed by atoms with Crippen molar-refractivity contribution < 1.29 is 4.92 Å². The summed E-state index contributed by atoms with van der Waals surface area (Å²) in [6.07, 6.45) is 2.08. The lowest BCUT2D eigenvalue weighted by Gasteiger charge is -2.02. The number of thioether (sulfide) groups is 1. The number of benzene rings is 1. The number of non-ortho nitro benzene ring substituents is 1. The van der Waals surface area contributed by atoms with Crippen LogP contribution >= 0.6 is 34.4 Å². The first kappa shape index (κ1) is 14.3. The zero-order valence-corrected chi connectivity index (χ0v) is 13.6. The summed E-state index contributed by atoms with van der Waals surface area (Å²) in [5, 5.41) is 10.7. The highest BCUT2D eigenvalue weighted by Gasteiger charge is 2.11. The van der Waals surface area contributed by atoms with Gasteiger partial charge in [0.2, 0.25) is 0 Å². The second-order valence-corrected chi connectivity index (χ2v) is 7.67. The molecule has 2 heterocycles. The molecule has 0 aliphatic heterocycles. The molecule has 0 amide bonds. The molecule has 0 aliphatic carbocycles. The molecule has 0 N–H and O–H groups in total. The van der Waals surface area contributed by atoms with Crippen molar-refractivity contribution in [1.29, 1.82) is 0 Å². The van der Waals surface area contributed by atoms with Crippen LogP contribution in [0.15, 0.2) is 47.2 Å². The lowest BCUT2D eigenvalue weighted by atomic mass is 10.1. The number of hydrogen-bond donors (Lipinski definition) is 0. The molecule has 0 fully saturated rings. The summed E-state index contributed by atoms with van der Waals surface area (Å²) in [7, 11) is 0. The highest BCUT2D eigenvalue weighted by Crippen LogP contribution is 2.40. The quantitative estimate of drug-likeness (QED) is 0.352. The first-order valence-corrected chi connectivity index (χ1v) is 8.95. The standard InChI is InChI=1S/C15H11NO2S3/c1-9(10-3-5-11(6-4-10)16(17)18)12-7-13-14(20-12)8-15(19-2)21-13/h3-8H,1H2,2H3. The fraction of sp³-hybridized carbons (Fsp3) is 0.0667. The summed E-state index contributed by atoms with van der Waals surface area (Å²) >= 11 is 5.24. The number of nitro groups is 1. The predicted molar refractivity (Wildman–Crippen MR) is 92.7 cm³/mol. The van der Waals surface area contributed by atoms with Gasteiger partial charge in [0, 0.05) is 26.4 Å². The van der Waals surface area contributed by atoms with Gasteiger partial charge >= 0.3 is 0 Å². The van der Waals surface area contributed by atoms with Crippen LogP contribution in [0.3, 0.4) is 0 Å². The van der Waals surface area contributed by atoms with Gasteiger partial charge < -0.3 is 0 Å². The maximum atomic E-state index is 10.7. The first-order valence-electron chi connectivity index (χ1n) is 6.10. The van der Waals surface area contributed by atoms with Crippen LogP contribution in [0.2, 0.25) is 0 Å². The van der Waals surface area contributed by atoms with Crippen LogP contribution in [0.5, 0.6) is 0 Å². The summed E-state index contributed by atoms with van der Waals surface area (Å²) in [5.74, 6) is 0. The minimum atomic E-state index is -0.391. The average molecular weight is 333 g/mol. The molecule has 0 atom stereocenters. The molecule has 106 valence electrons. The zero-order valence-electron chi connectivity index (χ0n) is 11.2. The van der Waals surface area contributed by atoms with Crippen molar-refractivity contribution in [2.75, 3.05) is 6.26 Å². The van der Waals surface area contributed by atoms with E-state index in [0.29, 0.717) is 0 Å². The third-order valence-corrected chi connectivity index (χ3v) is 6.53. The second kappa shape index (κ2) is 5.63. The average Bonchev–Trinajstić information content (AvgIpc) is 3.04. The van der Waals surface area contributed by atoms with E-state index in [0.717, 1.165) is 16.0 Å². The van der Waals surface area contributed by atoms with Gasteiger partial charge in [0.25, 0.3) is 5.69 Å². The zero-order chi connectivity index (χ0) is 15.0. The van der Waals surface area contributed by atoms with Crippen molar-refractivity contribution in [1.82, 2.24) is 0 Å². The number of rotatable bonds is 4. The highest BCUT2D eigenvalue weighted by molar-refractivity contribution is 8.00. The maximum Gasteiger partial charge on any atom is 0.269 e. The van der Waals surface area contributed by atoms with E-state index in [4.69, 9.17) is 0 Å². The molecule has 21 heavy (non-hydrogen) atoms. The lowest BCUT2D eigenvalue weighted by molar-refractivity contribution is -0.384. The maximum absolute atomic E-state index is 10.7. The molecule has 0 bridgehead atoms. The van der Waals surface area contributed by atoms with Crippen molar-refractivity contribution in [3.63, 3.8) is 0 Å². The molecular formula is C15H11NO2S3. The van der Waals surface area contributed by atoms with Gasteiger partial charge in [-0.05, 0) is 41.7 Å². The number of fused-ring (bicyclic) bond motifs is 1. The molecule has 6 heteroatoms. The minimum Gasteiger partial charge on any atom is -0.258 e. The number of thiophene rings is 2. The smallest absolute Gasteiger partial charge is 0.258 e. The Bertz CT molecular complexity index is 799. The van der Waals surface area contributed by atoms with Crippen molar-refractivity contribution in [3.8, 4) is 0 Å². The number of nitrogens with zero attached hydrogens (tertiary/aromatic N) is 1. The summed E-state index contributed by atoms with van der Waals surface area (Å²) in [4.78, 5) is 11.4. The number of nitro benzene ring substituents is 1. The Morgan fingerprint density at radius 2 is 1.86 bits per heavy atom. The van der Waals surface area contributed by atoms with Crippen LogP contribution in [0.25, 0.3) is 15.0 Å². The van der Waals surface area contributed by atoms with E-state index in [-0.39, 0.29) is 5.69 Å². The van der Waals surface area contributed by atoms with Gasteiger partial charge in [-0.2, -0.15) is 0 Å². The van der Waals surface area contributed by atoms with Crippen LogP contribution in [-0.2, 0) is 0 Å². The minimum absolute atomic E-state index is 0.100. The molecule has 2 aromatic heterocycles. The van der Waals surface area contributed by atoms with Crippen molar-refractivity contribution >= 4 is 55.1 Å². The molecule has 0 unspecified atom stereocenters. The Hall–Kier alpha value is -1.63. The van der Waals surface area contributed by atoms with Crippen LogP contribution in [0.4, 0.5) is 5.69 Å². The van der Waals surface area contributed by atoms with Crippen LogP contribution < -0.4 is 0 Å². The Morgan fingerprint density at radius 3 is 2.43 bits per heavy atom. The fourth-order valence-corrected chi connectivity index (χ4v) is 5.02. The Labute approximate surface area is 134 Å². The molecule has 3 rings (SSSR count). The van der Waals surface area contributed by atoms with E-state index in [1.807, 2.05) is 0 Å². The van der Waals surface area contributed by atoms with Gasteiger partial charge in [-0.15, -0.1) is 34.4 Å². The second-order valence-electron chi connectivity index (χ2n) is 4.39. The van der Waals surface area contributed by atoms with Crippen LogP contribution in [0, 0.1) is 10.1 Å². The summed E-state index contributed by atoms with van der Waals surface area (Å²) in [6, 6.07) is 10.9. The largest absolute Gasteiger partial charge is 0.269 e. The monoisotopic (exact) mass is 333 g/mol. The normalized spacial score (nSPS) is 10.9. The molecule has 0 spiro atoms. The third-order valence-electron chi connectivity index (χ3n) is 3.11. The molecular weight excluding hydrogens is 322 g/mol. The van der Waals surface area contributed by atoms with E-state index in [2.05, 4.69) is 25.0 Å². The summed E-state index contributed by atoms with van der Waals surface area (Å²) < 4.78 is 3.84. The molecule has 0 saturated heterocycles. The summed E-state index contributed by atoms with van der Waals surface area (Å²) in [5.41, 5.74) is 1.92. The van der Waals surface area contributed by atoms with E-state index < -0.39 is 4.92 Å². The third kappa shape index (κ3) is 2.74. The Kier molecular flexibility index (Phi) is 3.84.